The summed E-state index contributed by atoms with van der Waals surface area (Å²) in [6.45, 7) is 7.92. The number of rotatable bonds is 6. The fraction of sp³-hybridized carbons (Fsp3) is 0.688. The molecule has 0 saturated carbocycles. The van der Waals surface area contributed by atoms with Gasteiger partial charge >= 0.3 is 0 Å². The van der Waals surface area contributed by atoms with Gasteiger partial charge in [-0.3, -0.25) is 4.79 Å². The molecule has 0 atom stereocenters. The molecule has 21 heavy (non-hydrogen) atoms. The zero-order valence-corrected chi connectivity index (χ0v) is 13.2. The predicted octanol–water partition coefficient (Wildman–Crippen LogP) is 2.73. The Morgan fingerprint density at radius 1 is 1.10 bits per heavy atom. The summed E-state index contributed by atoms with van der Waals surface area (Å²) in [6.07, 6.45) is 8.92. The van der Waals surface area contributed by atoms with Crippen LogP contribution in [0.3, 0.4) is 0 Å². The van der Waals surface area contributed by atoms with Crippen LogP contribution in [0.2, 0.25) is 0 Å². The molecule has 0 spiro atoms. The molecule has 1 aliphatic rings. The van der Waals surface area contributed by atoms with Crippen molar-refractivity contribution in [2.75, 3.05) is 31.1 Å². The van der Waals surface area contributed by atoms with Crippen molar-refractivity contribution in [3.8, 4) is 0 Å². The summed E-state index contributed by atoms with van der Waals surface area (Å²) in [5.74, 6) is 0.799. The number of amides is 1. The van der Waals surface area contributed by atoms with Crippen molar-refractivity contribution >= 4 is 11.9 Å². The van der Waals surface area contributed by atoms with Crippen LogP contribution in [0.4, 0.5) is 5.95 Å². The number of likely N-dealkylation sites (tertiary alicyclic amines) is 1. The smallest absolute Gasteiger partial charge is 0.256 e. The molecule has 1 amide bonds. The van der Waals surface area contributed by atoms with Gasteiger partial charge in [-0.1, -0.05) is 13.8 Å². The molecule has 0 aliphatic carbocycles. The maximum Gasteiger partial charge on any atom is 0.256 e. The molecule has 1 aromatic rings. The SMILES string of the molecule is CCCN(CCC)c1ncc(C(=O)N2CCCCC2)cn1. The van der Waals surface area contributed by atoms with Crippen LogP contribution in [0.15, 0.2) is 12.4 Å². The van der Waals surface area contributed by atoms with Gasteiger partial charge in [-0.05, 0) is 32.1 Å². The molecule has 1 fully saturated rings. The second kappa shape index (κ2) is 7.96. The Morgan fingerprint density at radius 2 is 1.67 bits per heavy atom. The number of carbonyl (C=O) groups excluding carboxylic acids is 1. The van der Waals surface area contributed by atoms with Gasteiger partial charge in [-0.25, -0.2) is 9.97 Å². The van der Waals surface area contributed by atoms with Crippen LogP contribution >= 0.6 is 0 Å². The van der Waals surface area contributed by atoms with E-state index in [0.29, 0.717) is 5.56 Å². The van der Waals surface area contributed by atoms with E-state index in [4.69, 9.17) is 0 Å². The molecule has 0 unspecified atom stereocenters. The van der Waals surface area contributed by atoms with Crippen molar-refractivity contribution < 1.29 is 4.79 Å². The normalized spacial score (nSPS) is 15.0. The third-order valence-electron chi connectivity index (χ3n) is 3.80. The van der Waals surface area contributed by atoms with E-state index in [1.54, 1.807) is 12.4 Å². The summed E-state index contributed by atoms with van der Waals surface area (Å²) in [7, 11) is 0. The number of piperidine rings is 1. The van der Waals surface area contributed by atoms with Gasteiger partial charge < -0.3 is 9.80 Å². The minimum atomic E-state index is 0.0683. The molecule has 0 aromatic carbocycles. The molecule has 0 radical (unpaired) electrons. The summed E-state index contributed by atoms with van der Waals surface area (Å²) in [5.41, 5.74) is 0.605. The van der Waals surface area contributed by atoms with Crippen molar-refractivity contribution in [2.24, 2.45) is 0 Å². The van der Waals surface area contributed by atoms with E-state index in [1.807, 2.05) is 4.90 Å². The fourth-order valence-corrected chi connectivity index (χ4v) is 2.73. The lowest BCUT2D eigenvalue weighted by molar-refractivity contribution is 0.0723. The number of anilines is 1. The van der Waals surface area contributed by atoms with Crippen LogP contribution in [0, 0.1) is 0 Å². The van der Waals surface area contributed by atoms with Crippen molar-refractivity contribution in [2.45, 2.75) is 46.0 Å². The van der Waals surface area contributed by atoms with Crippen LogP contribution in [0.25, 0.3) is 0 Å². The Hall–Kier alpha value is -1.65. The number of carbonyl (C=O) groups is 1. The molecule has 0 bridgehead atoms. The monoisotopic (exact) mass is 290 g/mol. The molecular formula is C16H26N4O. The van der Waals surface area contributed by atoms with Gasteiger partial charge in [-0.15, -0.1) is 0 Å². The average Bonchev–Trinajstić information content (AvgIpc) is 2.55. The van der Waals surface area contributed by atoms with Gasteiger partial charge in [0.25, 0.3) is 5.91 Å². The summed E-state index contributed by atoms with van der Waals surface area (Å²) < 4.78 is 0. The second-order valence-corrected chi connectivity index (χ2v) is 5.61. The zero-order valence-electron chi connectivity index (χ0n) is 13.2. The van der Waals surface area contributed by atoms with E-state index in [2.05, 4.69) is 28.7 Å². The maximum atomic E-state index is 12.4. The van der Waals surface area contributed by atoms with Crippen LogP contribution in [0.1, 0.15) is 56.3 Å². The van der Waals surface area contributed by atoms with Crippen molar-refractivity contribution in [1.82, 2.24) is 14.9 Å². The van der Waals surface area contributed by atoms with Crippen molar-refractivity contribution in [1.29, 1.82) is 0 Å². The standard InChI is InChI=1S/C16H26N4O/c1-3-8-20(9-4-2)16-17-12-14(13-18-16)15(21)19-10-6-5-7-11-19/h12-13H,3-11H2,1-2H3. The van der Waals surface area contributed by atoms with Crippen LogP contribution in [0.5, 0.6) is 0 Å². The van der Waals surface area contributed by atoms with E-state index in [9.17, 15) is 4.79 Å². The van der Waals surface area contributed by atoms with Crippen LogP contribution in [-0.4, -0.2) is 47.0 Å². The van der Waals surface area contributed by atoms with E-state index in [0.717, 1.165) is 57.8 Å². The highest BCUT2D eigenvalue weighted by molar-refractivity contribution is 5.93. The summed E-state index contributed by atoms with van der Waals surface area (Å²) in [4.78, 5) is 25.3. The van der Waals surface area contributed by atoms with Crippen molar-refractivity contribution in [3.05, 3.63) is 18.0 Å². The molecule has 1 aromatic heterocycles. The molecular weight excluding hydrogens is 264 g/mol. The maximum absolute atomic E-state index is 12.4. The Labute approximate surface area is 127 Å². The number of nitrogens with zero attached hydrogens (tertiary/aromatic N) is 4. The Morgan fingerprint density at radius 3 is 2.19 bits per heavy atom. The minimum Gasteiger partial charge on any atom is -0.341 e. The average molecular weight is 290 g/mol. The largest absolute Gasteiger partial charge is 0.341 e. The molecule has 0 N–H and O–H groups in total. The highest BCUT2D eigenvalue weighted by atomic mass is 16.2. The van der Waals surface area contributed by atoms with Gasteiger partial charge in [0.15, 0.2) is 0 Å². The van der Waals surface area contributed by atoms with E-state index in [1.165, 1.54) is 6.42 Å². The first kappa shape index (κ1) is 15.7. The molecule has 2 rings (SSSR count). The molecule has 5 heteroatoms. The minimum absolute atomic E-state index is 0.0683. The Kier molecular flexibility index (Phi) is 5.96. The van der Waals surface area contributed by atoms with Gasteiger partial charge in [0.2, 0.25) is 5.95 Å². The van der Waals surface area contributed by atoms with Gasteiger partial charge in [0.05, 0.1) is 5.56 Å². The third kappa shape index (κ3) is 4.16. The van der Waals surface area contributed by atoms with Crippen molar-refractivity contribution in [3.63, 3.8) is 0 Å². The highest BCUT2D eigenvalue weighted by Gasteiger charge is 2.19. The Bertz CT molecular complexity index is 434. The zero-order chi connectivity index (χ0) is 15.1. The topological polar surface area (TPSA) is 49.3 Å². The first-order chi connectivity index (χ1) is 10.3. The van der Waals surface area contributed by atoms with Gasteiger partial charge in [-0.2, -0.15) is 0 Å². The molecule has 5 nitrogen and oxygen atoms in total. The van der Waals surface area contributed by atoms with Crippen LogP contribution in [-0.2, 0) is 0 Å². The first-order valence-corrected chi connectivity index (χ1v) is 8.12. The number of hydrogen-bond acceptors (Lipinski definition) is 4. The quantitative estimate of drug-likeness (QED) is 0.808. The van der Waals surface area contributed by atoms with Crippen LogP contribution < -0.4 is 4.90 Å². The van der Waals surface area contributed by atoms with Gasteiger partial charge in [0, 0.05) is 38.6 Å². The second-order valence-electron chi connectivity index (χ2n) is 5.61. The summed E-state index contributed by atoms with van der Waals surface area (Å²) >= 11 is 0. The first-order valence-electron chi connectivity index (χ1n) is 8.12. The summed E-state index contributed by atoms with van der Waals surface area (Å²) in [5, 5.41) is 0. The third-order valence-corrected chi connectivity index (χ3v) is 3.80. The number of aromatic nitrogens is 2. The lowest BCUT2D eigenvalue weighted by atomic mass is 10.1. The lowest BCUT2D eigenvalue weighted by Gasteiger charge is -2.26. The molecule has 1 saturated heterocycles. The molecule has 1 aliphatic heterocycles. The van der Waals surface area contributed by atoms with Gasteiger partial charge in [0.1, 0.15) is 0 Å². The molecule has 2 heterocycles. The highest BCUT2D eigenvalue weighted by Crippen LogP contribution is 2.14. The summed E-state index contributed by atoms with van der Waals surface area (Å²) in [6, 6.07) is 0. The fourth-order valence-electron chi connectivity index (χ4n) is 2.73. The van der Waals surface area contributed by atoms with E-state index >= 15 is 0 Å². The molecule has 116 valence electrons. The number of hydrogen-bond donors (Lipinski definition) is 0. The predicted molar refractivity (Wildman–Crippen MR) is 84.6 cm³/mol. The van der Waals surface area contributed by atoms with E-state index < -0.39 is 0 Å². The lowest BCUT2D eigenvalue weighted by Crippen LogP contribution is -2.35. The van der Waals surface area contributed by atoms with E-state index in [-0.39, 0.29) is 5.91 Å². The Balaban J connectivity index is 2.04.